The van der Waals surface area contributed by atoms with Crippen LogP contribution in [0.5, 0.6) is 0 Å². The smallest absolute Gasteiger partial charge is 0.465 e. The van der Waals surface area contributed by atoms with Crippen LogP contribution in [-0.2, 0) is 14.0 Å². The van der Waals surface area contributed by atoms with Crippen molar-refractivity contribution in [2.24, 2.45) is 0 Å². The molecule has 2 aromatic rings. The number of aromatic nitrogens is 2. The van der Waals surface area contributed by atoms with Crippen LogP contribution >= 0.6 is 0 Å². The van der Waals surface area contributed by atoms with Crippen LogP contribution in [0.3, 0.4) is 0 Å². The molecule has 0 bridgehead atoms. The lowest BCUT2D eigenvalue weighted by Crippen LogP contribution is -2.41. The van der Waals surface area contributed by atoms with E-state index in [4.69, 9.17) is 14.0 Å². The molecule has 6 nitrogen and oxygen atoms in total. The number of hydrogen-bond donors (Lipinski definition) is 0. The van der Waals surface area contributed by atoms with Gasteiger partial charge in [-0.2, -0.15) is 0 Å². The number of hydrogen-bond acceptors (Lipinski definition) is 5. The Morgan fingerprint density at radius 1 is 1.20 bits per heavy atom. The van der Waals surface area contributed by atoms with Gasteiger partial charge in [0.2, 0.25) is 0 Å². The third-order valence-electron chi connectivity index (χ3n) is 4.94. The number of aryl methyl sites for hydroxylation is 1. The van der Waals surface area contributed by atoms with E-state index in [0.717, 1.165) is 11.2 Å². The van der Waals surface area contributed by atoms with Gasteiger partial charge >= 0.3 is 13.1 Å². The van der Waals surface area contributed by atoms with Crippen molar-refractivity contribution in [3.05, 3.63) is 42.0 Å². The first-order chi connectivity index (χ1) is 11.6. The predicted octanol–water partition coefficient (Wildman–Crippen LogP) is 2.27. The van der Waals surface area contributed by atoms with Crippen LogP contribution < -0.4 is 5.46 Å². The fraction of sp³-hybridized carbons (Fsp3) is 0.444. The van der Waals surface area contributed by atoms with Crippen molar-refractivity contribution < 1.29 is 18.8 Å². The van der Waals surface area contributed by atoms with Gasteiger partial charge in [-0.25, -0.2) is 9.78 Å². The van der Waals surface area contributed by atoms with E-state index in [9.17, 15) is 4.79 Å². The fourth-order valence-corrected chi connectivity index (χ4v) is 2.73. The fourth-order valence-electron chi connectivity index (χ4n) is 2.73. The number of benzene rings is 1. The van der Waals surface area contributed by atoms with Crippen molar-refractivity contribution in [1.82, 2.24) is 9.55 Å². The number of nitrogens with zero attached hydrogens (tertiary/aromatic N) is 2. The molecule has 1 aliphatic rings. The SMILES string of the molecule is COC(=O)c1cc(B2OC(C)(C)C(C)(C)O2)ccc1-n1cnc(C)c1. The molecule has 1 aromatic carbocycles. The van der Waals surface area contributed by atoms with Gasteiger partial charge in [-0.05, 0) is 52.2 Å². The van der Waals surface area contributed by atoms with Gasteiger partial charge in [0.15, 0.2) is 0 Å². The highest BCUT2D eigenvalue weighted by atomic mass is 16.7. The van der Waals surface area contributed by atoms with Crippen LogP contribution in [0, 0.1) is 6.92 Å². The van der Waals surface area contributed by atoms with E-state index in [2.05, 4.69) is 4.98 Å². The lowest BCUT2D eigenvalue weighted by Gasteiger charge is -2.32. The van der Waals surface area contributed by atoms with Gasteiger partial charge in [-0.1, -0.05) is 6.07 Å². The second-order valence-corrected chi connectivity index (χ2v) is 7.28. The Labute approximate surface area is 148 Å². The first kappa shape index (κ1) is 17.7. The molecular formula is C18H23BN2O4. The Balaban J connectivity index is 2.02. The molecule has 0 saturated carbocycles. The molecular weight excluding hydrogens is 319 g/mol. The molecule has 0 unspecified atom stereocenters. The summed E-state index contributed by atoms with van der Waals surface area (Å²) in [5.41, 5.74) is 1.90. The van der Waals surface area contributed by atoms with Crippen LogP contribution in [0.25, 0.3) is 5.69 Å². The van der Waals surface area contributed by atoms with Crippen LogP contribution in [0.1, 0.15) is 43.7 Å². The van der Waals surface area contributed by atoms with Gasteiger partial charge in [0.25, 0.3) is 0 Å². The molecule has 0 N–H and O–H groups in total. The van der Waals surface area contributed by atoms with Crippen LogP contribution in [0.2, 0.25) is 0 Å². The third-order valence-corrected chi connectivity index (χ3v) is 4.94. The number of imidazole rings is 1. The van der Waals surface area contributed by atoms with E-state index in [-0.39, 0.29) is 0 Å². The van der Waals surface area contributed by atoms with Gasteiger partial charge in [0.05, 0.1) is 41.6 Å². The van der Waals surface area contributed by atoms with Crippen molar-refractivity contribution in [3.63, 3.8) is 0 Å². The van der Waals surface area contributed by atoms with Crippen molar-refractivity contribution in [2.75, 3.05) is 7.11 Å². The van der Waals surface area contributed by atoms with E-state index in [1.54, 1.807) is 17.0 Å². The summed E-state index contributed by atoms with van der Waals surface area (Å²) < 4.78 is 18.9. The van der Waals surface area contributed by atoms with Crippen LogP contribution in [-0.4, -0.2) is 41.0 Å². The highest BCUT2D eigenvalue weighted by Gasteiger charge is 2.51. The zero-order chi connectivity index (χ0) is 18.4. The summed E-state index contributed by atoms with van der Waals surface area (Å²) in [6, 6.07) is 5.52. The molecule has 0 spiro atoms. The third kappa shape index (κ3) is 3.09. The van der Waals surface area contributed by atoms with Crippen molar-refractivity contribution in [2.45, 2.75) is 45.8 Å². The number of carbonyl (C=O) groups is 1. The molecule has 1 fully saturated rings. The lowest BCUT2D eigenvalue weighted by atomic mass is 9.78. The van der Waals surface area contributed by atoms with E-state index >= 15 is 0 Å². The van der Waals surface area contributed by atoms with E-state index < -0.39 is 24.3 Å². The topological polar surface area (TPSA) is 62.6 Å². The predicted molar refractivity (Wildman–Crippen MR) is 95.4 cm³/mol. The monoisotopic (exact) mass is 342 g/mol. The molecule has 7 heteroatoms. The molecule has 1 saturated heterocycles. The lowest BCUT2D eigenvalue weighted by molar-refractivity contribution is 0.00578. The van der Waals surface area contributed by atoms with E-state index in [1.165, 1.54) is 7.11 Å². The van der Waals surface area contributed by atoms with E-state index in [0.29, 0.717) is 11.3 Å². The Bertz CT molecular complexity index is 797. The summed E-state index contributed by atoms with van der Waals surface area (Å²) in [6.07, 6.45) is 3.53. The molecule has 0 amide bonds. The second kappa shape index (κ2) is 6.00. The molecule has 2 heterocycles. The van der Waals surface area contributed by atoms with Gasteiger partial charge in [0, 0.05) is 6.20 Å². The first-order valence-corrected chi connectivity index (χ1v) is 8.23. The summed E-state index contributed by atoms with van der Waals surface area (Å²) in [7, 11) is 0.833. The quantitative estimate of drug-likeness (QED) is 0.633. The molecule has 3 rings (SSSR count). The van der Waals surface area contributed by atoms with Gasteiger partial charge < -0.3 is 18.6 Å². The number of ether oxygens (including phenoxy) is 1. The van der Waals surface area contributed by atoms with Gasteiger partial charge in [0.1, 0.15) is 0 Å². The number of esters is 1. The number of rotatable bonds is 3. The highest BCUT2D eigenvalue weighted by Crippen LogP contribution is 2.36. The number of methoxy groups -OCH3 is 1. The largest absolute Gasteiger partial charge is 0.494 e. The molecule has 1 aromatic heterocycles. The summed E-state index contributed by atoms with van der Waals surface area (Å²) in [4.78, 5) is 16.5. The van der Waals surface area contributed by atoms with Crippen LogP contribution in [0.4, 0.5) is 0 Å². The first-order valence-electron chi connectivity index (χ1n) is 8.23. The number of carbonyl (C=O) groups excluding carboxylic acids is 1. The Morgan fingerprint density at radius 3 is 2.36 bits per heavy atom. The molecule has 25 heavy (non-hydrogen) atoms. The zero-order valence-corrected chi connectivity index (χ0v) is 15.5. The maximum atomic E-state index is 12.3. The Hall–Kier alpha value is -2.12. The standard InChI is InChI=1S/C18H23BN2O4/c1-12-10-21(11-20-12)15-8-7-13(9-14(15)16(22)23-6)19-24-17(2,3)18(4,5)25-19/h7-11H,1-6H3. The van der Waals surface area contributed by atoms with E-state index in [1.807, 2.05) is 52.9 Å². The highest BCUT2D eigenvalue weighted by molar-refractivity contribution is 6.62. The molecule has 0 radical (unpaired) electrons. The zero-order valence-electron chi connectivity index (χ0n) is 15.5. The minimum Gasteiger partial charge on any atom is -0.465 e. The average Bonchev–Trinajstić information content (AvgIpc) is 3.07. The van der Waals surface area contributed by atoms with Crippen molar-refractivity contribution >= 4 is 18.6 Å². The molecule has 132 valence electrons. The maximum absolute atomic E-state index is 12.3. The summed E-state index contributed by atoms with van der Waals surface area (Å²) in [6.45, 7) is 9.88. The van der Waals surface area contributed by atoms with Crippen molar-refractivity contribution in [3.8, 4) is 5.69 Å². The van der Waals surface area contributed by atoms with Gasteiger partial charge in [-0.3, -0.25) is 0 Å². The normalized spacial score (nSPS) is 18.4. The minimum atomic E-state index is -0.535. The average molecular weight is 342 g/mol. The molecule has 0 aliphatic carbocycles. The Kier molecular flexibility index (Phi) is 4.25. The molecule has 1 aliphatic heterocycles. The second-order valence-electron chi connectivity index (χ2n) is 7.28. The Morgan fingerprint density at radius 2 is 1.84 bits per heavy atom. The summed E-state index contributed by atoms with van der Waals surface area (Å²) in [5.74, 6) is -0.417. The maximum Gasteiger partial charge on any atom is 0.494 e. The summed E-state index contributed by atoms with van der Waals surface area (Å²) >= 11 is 0. The molecule has 0 atom stereocenters. The van der Waals surface area contributed by atoms with Crippen LogP contribution in [0.15, 0.2) is 30.7 Å². The van der Waals surface area contributed by atoms with Gasteiger partial charge in [-0.15, -0.1) is 0 Å². The minimum absolute atomic E-state index is 0.417. The van der Waals surface area contributed by atoms with Crippen molar-refractivity contribution in [1.29, 1.82) is 0 Å². The summed E-state index contributed by atoms with van der Waals surface area (Å²) in [5, 5.41) is 0.